The Morgan fingerprint density at radius 2 is 1.96 bits per heavy atom. The summed E-state index contributed by atoms with van der Waals surface area (Å²) in [5, 5.41) is 7.60. The summed E-state index contributed by atoms with van der Waals surface area (Å²) in [5.41, 5.74) is 1.21. The molecule has 2 amide bonds. The van der Waals surface area contributed by atoms with Gasteiger partial charge in [-0.15, -0.1) is 0 Å². The first-order chi connectivity index (χ1) is 11.2. The fraction of sp³-hybridized carbons (Fsp3) is 0.778. The number of rotatable bonds is 2. The number of nitrogens with zero attached hydrogens (tertiary/aromatic N) is 4. The van der Waals surface area contributed by atoms with Gasteiger partial charge >= 0.3 is 6.03 Å². The van der Waals surface area contributed by atoms with Crippen molar-refractivity contribution in [2.75, 3.05) is 25.5 Å². The normalized spacial score (nSPS) is 25.0. The topological polar surface area (TPSA) is 53.4 Å². The number of anilines is 1. The highest BCUT2D eigenvalue weighted by molar-refractivity contribution is 5.88. The summed E-state index contributed by atoms with van der Waals surface area (Å²) in [6.45, 7) is 8.25. The van der Waals surface area contributed by atoms with Crippen LogP contribution in [-0.4, -0.2) is 57.8 Å². The molecule has 134 valence electrons. The lowest BCUT2D eigenvalue weighted by Gasteiger charge is -2.25. The van der Waals surface area contributed by atoms with Crippen molar-refractivity contribution in [2.24, 2.45) is 12.5 Å². The largest absolute Gasteiger partial charge is 0.323 e. The number of aromatic nitrogens is 2. The van der Waals surface area contributed by atoms with E-state index in [1.54, 1.807) is 4.68 Å². The van der Waals surface area contributed by atoms with E-state index in [1.165, 1.54) is 12.8 Å². The molecule has 6 nitrogen and oxygen atoms in total. The molecule has 24 heavy (non-hydrogen) atoms. The van der Waals surface area contributed by atoms with Crippen molar-refractivity contribution in [3.8, 4) is 0 Å². The van der Waals surface area contributed by atoms with Gasteiger partial charge in [0.25, 0.3) is 0 Å². The highest BCUT2D eigenvalue weighted by Gasteiger charge is 2.36. The van der Waals surface area contributed by atoms with Crippen LogP contribution in [0.5, 0.6) is 0 Å². The van der Waals surface area contributed by atoms with Crippen LogP contribution in [0, 0.1) is 5.41 Å². The van der Waals surface area contributed by atoms with Crippen LogP contribution < -0.4 is 5.32 Å². The molecule has 1 N–H and O–H groups in total. The highest BCUT2D eigenvalue weighted by Crippen LogP contribution is 2.29. The van der Waals surface area contributed by atoms with E-state index < -0.39 is 0 Å². The van der Waals surface area contributed by atoms with Gasteiger partial charge in [-0.05, 0) is 38.1 Å². The van der Waals surface area contributed by atoms with Crippen molar-refractivity contribution in [2.45, 2.75) is 58.5 Å². The molecule has 3 rings (SSSR count). The number of likely N-dealkylation sites (tertiary alicyclic amines) is 1. The first kappa shape index (κ1) is 17.3. The quantitative estimate of drug-likeness (QED) is 0.905. The number of urea groups is 1. The Bertz CT molecular complexity index is 603. The second-order valence-electron chi connectivity index (χ2n) is 8.60. The molecule has 0 radical (unpaired) electrons. The van der Waals surface area contributed by atoms with Gasteiger partial charge in [0.2, 0.25) is 0 Å². The summed E-state index contributed by atoms with van der Waals surface area (Å²) in [6.07, 6.45) is 4.44. The van der Waals surface area contributed by atoms with Crippen LogP contribution in [0.2, 0.25) is 0 Å². The van der Waals surface area contributed by atoms with Crippen molar-refractivity contribution < 1.29 is 4.79 Å². The number of aryl methyl sites for hydroxylation is 1. The van der Waals surface area contributed by atoms with E-state index in [-0.39, 0.29) is 11.4 Å². The highest BCUT2D eigenvalue weighted by atomic mass is 16.2. The molecule has 2 bridgehead atoms. The van der Waals surface area contributed by atoms with Crippen LogP contribution in [0.4, 0.5) is 10.6 Å². The monoisotopic (exact) mass is 333 g/mol. The number of hydrogen-bond acceptors (Lipinski definition) is 3. The summed E-state index contributed by atoms with van der Waals surface area (Å²) in [4.78, 5) is 17.1. The summed E-state index contributed by atoms with van der Waals surface area (Å²) in [5.74, 6) is 0.780. The minimum absolute atomic E-state index is 0.00117. The second kappa shape index (κ2) is 6.39. The van der Waals surface area contributed by atoms with Gasteiger partial charge in [0.05, 0.1) is 5.69 Å². The molecule has 2 fully saturated rings. The van der Waals surface area contributed by atoms with Gasteiger partial charge in [-0.25, -0.2) is 4.79 Å². The first-order valence-corrected chi connectivity index (χ1v) is 9.04. The molecule has 2 aliphatic heterocycles. The molecule has 1 aromatic heterocycles. The van der Waals surface area contributed by atoms with Crippen LogP contribution in [0.1, 0.15) is 45.7 Å². The van der Waals surface area contributed by atoms with Gasteiger partial charge < -0.3 is 4.90 Å². The average molecular weight is 333 g/mol. The van der Waals surface area contributed by atoms with Gasteiger partial charge in [-0.1, -0.05) is 20.8 Å². The van der Waals surface area contributed by atoms with Gasteiger partial charge in [0.1, 0.15) is 5.82 Å². The molecule has 2 saturated heterocycles. The summed E-state index contributed by atoms with van der Waals surface area (Å²) in [6, 6.07) is 3.15. The van der Waals surface area contributed by atoms with Crippen molar-refractivity contribution in [3.63, 3.8) is 0 Å². The molecule has 0 aliphatic carbocycles. The van der Waals surface area contributed by atoms with Crippen molar-refractivity contribution in [1.29, 1.82) is 0 Å². The average Bonchev–Trinajstić information content (AvgIpc) is 2.88. The molecule has 0 aromatic carbocycles. The van der Waals surface area contributed by atoms with E-state index in [2.05, 4.69) is 43.1 Å². The Kier molecular flexibility index (Phi) is 4.60. The molecular formula is C18H31N5O. The maximum absolute atomic E-state index is 12.7. The number of carbonyl (C=O) groups excluding carboxylic acids is 1. The zero-order chi connectivity index (χ0) is 17.5. The van der Waals surface area contributed by atoms with E-state index in [0.717, 1.165) is 37.4 Å². The van der Waals surface area contributed by atoms with E-state index in [1.807, 2.05) is 18.0 Å². The Labute approximate surface area is 145 Å². The summed E-state index contributed by atoms with van der Waals surface area (Å²) >= 11 is 0. The summed E-state index contributed by atoms with van der Waals surface area (Å²) in [7, 11) is 4.09. The van der Waals surface area contributed by atoms with Crippen molar-refractivity contribution >= 4 is 11.8 Å². The Morgan fingerprint density at radius 1 is 1.25 bits per heavy atom. The van der Waals surface area contributed by atoms with E-state index in [9.17, 15) is 4.79 Å². The van der Waals surface area contributed by atoms with Gasteiger partial charge in [0.15, 0.2) is 0 Å². The lowest BCUT2D eigenvalue weighted by atomic mass is 9.91. The zero-order valence-electron chi connectivity index (χ0n) is 15.7. The molecular weight excluding hydrogens is 302 g/mol. The maximum Gasteiger partial charge on any atom is 0.323 e. The number of amides is 2. The smallest absolute Gasteiger partial charge is 0.323 e. The van der Waals surface area contributed by atoms with E-state index in [4.69, 9.17) is 0 Å². The zero-order valence-corrected chi connectivity index (χ0v) is 15.7. The fourth-order valence-corrected chi connectivity index (χ4v) is 3.96. The molecule has 0 spiro atoms. The van der Waals surface area contributed by atoms with Crippen LogP contribution in [0.15, 0.2) is 6.07 Å². The van der Waals surface area contributed by atoms with E-state index in [0.29, 0.717) is 12.1 Å². The third-order valence-electron chi connectivity index (χ3n) is 5.31. The third kappa shape index (κ3) is 3.74. The van der Waals surface area contributed by atoms with Gasteiger partial charge in [0, 0.05) is 38.3 Å². The molecule has 6 heteroatoms. The second-order valence-corrected chi connectivity index (χ2v) is 8.60. The molecule has 2 unspecified atom stereocenters. The van der Waals surface area contributed by atoms with E-state index >= 15 is 0 Å². The first-order valence-electron chi connectivity index (χ1n) is 9.04. The predicted octanol–water partition coefficient (Wildman–Crippen LogP) is 2.71. The number of fused-ring (bicyclic) bond motifs is 2. The van der Waals surface area contributed by atoms with Crippen molar-refractivity contribution in [3.05, 3.63) is 11.8 Å². The minimum atomic E-state index is 0.00117. The third-order valence-corrected chi connectivity index (χ3v) is 5.31. The molecule has 0 saturated carbocycles. The maximum atomic E-state index is 12.7. The Hall–Kier alpha value is -1.56. The number of nitrogens with one attached hydrogen (secondary N) is 1. The van der Waals surface area contributed by atoms with Crippen LogP contribution in [-0.2, 0) is 13.5 Å². The SMILES string of the molecule is CN1C2CCC1CN(C(=O)Nc1cc(CC(C)(C)C)nn1C)CC2. The van der Waals surface area contributed by atoms with Crippen molar-refractivity contribution in [1.82, 2.24) is 19.6 Å². The summed E-state index contributed by atoms with van der Waals surface area (Å²) < 4.78 is 1.77. The van der Waals surface area contributed by atoms with Crippen LogP contribution in [0.3, 0.4) is 0 Å². The predicted molar refractivity (Wildman–Crippen MR) is 96.1 cm³/mol. The minimum Gasteiger partial charge on any atom is -0.323 e. The fourth-order valence-electron chi connectivity index (χ4n) is 3.96. The number of carbonyl (C=O) groups is 1. The lowest BCUT2D eigenvalue weighted by molar-refractivity contribution is 0.200. The molecule has 3 heterocycles. The molecule has 2 atom stereocenters. The number of likely N-dealkylation sites (N-methyl/N-ethyl adjacent to an activating group) is 1. The van der Waals surface area contributed by atoms with Crippen LogP contribution >= 0.6 is 0 Å². The standard InChI is InChI=1S/C18H31N5O/c1-18(2,3)11-13-10-16(22(5)20-13)19-17(24)23-9-8-14-6-7-15(12-23)21(14)4/h10,14-15H,6-9,11-12H2,1-5H3,(H,19,24). The Morgan fingerprint density at radius 3 is 2.67 bits per heavy atom. The Balaban J connectivity index is 1.64. The van der Waals surface area contributed by atoms with Gasteiger partial charge in [-0.2, -0.15) is 5.10 Å². The van der Waals surface area contributed by atoms with Gasteiger partial charge in [-0.3, -0.25) is 14.9 Å². The molecule has 2 aliphatic rings. The molecule has 1 aromatic rings. The van der Waals surface area contributed by atoms with Crippen LogP contribution in [0.25, 0.3) is 0 Å². The number of hydrogen-bond donors (Lipinski definition) is 1. The lowest BCUT2D eigenvalue weighted by Crippen LogP contribution is -2.42.